The van der Waals surface area contributed by atoms with Crippen LogP contribution in [0.4, 0.5) is 8.78 Å². The third-order valence-corrected chi connectivity index (χ3v) is 7.25. The zero-order valence-corrected chi connectivity index (χ0v) is 19.2. The molecule has 2 aromatic carbocycles. The average molecular weight is 490 g/mol. The molecular formula is C23H18ClF2N3O3S. The van der Waals surface area contributed by atoms with E-state index in [0.29, 0.717) is 28.5 Å². The van der Waals surface area contributed by atoms with Crippen LogP contribution in [0.2, 0.25) is 5.02 Å². The Kier molecular flexibility index (Phi) is 6.27. The van der Waals surface area contributed by atoms with E-state index in [4.69, 9.17) is 16.3 Å². The van der Waals surface area contributed by atoms with Gasteiger partial charge in [-0.2, -0.15) is 4.39 Å². The van der Waals surface area contributed by atoms with Gasteiger partial charge in [-0.3, -0.25) is 0 Å². The molecule has 0 radical (unpaired) electrons. The van der Waals surface area contributed by atoms with Gasteiger partial charge in [-0.1, -0.05) is 30.7 Å². The first-order chi connectivity index (χ1) is 15.7. The first-order valence-electron chi connectivity index (χ1n) is 9.89. The Balaban J connectivity index is 1.81. The Hall–Kier alpha value is -3.17. The lowest BCUT2D eigenvalue weighted by atomic mass is 9.99. The number of benzene rings is 2. The summed E-state index contributed by atoms with van der Waals surface area (Å²) in [5.74, 6) is -1.45. The zero-order chi connectivity index (χ0) is 23.8. The van der Waals surface area contributed by atoms with Gasteiger partial charge < -0.3 is 4.74 Å². The van der Waals surface area contributed by atoms with Crippen molar-refractivity contribution in [1.82, 2.24) is 15.0 Å². The quantitative estimate of drug-likeness (QED) is 0.348. The highest BCUT2D eigenvalue weighted by atomic mass is 35.5. The van der Waals surface area contributed by atoms with Crippen LogP contribution in [0.25, 0.3) is 22.0 Å². The van der Waals surface area contributed by atoms with Gasteiger partial charge in [0, 0.05) is 17.1 Å². The number of hydrogen-bond donors (Lipinski definition) is 0. The molecule has 0 aliphatic rings. The number of aryl methyl sites for hydroxylation is 1. The molecule has 0 atom stereocenters. The molecule has 0 amide bonds. The van der Waals surface area contributed by atoms with Gasteiger partial charge in [0.05, 0.1) is 28.2 Å². The van der Waals surface area contributed by atoms with Crippen molar-refractivity contribution < 1.29 is 21.9 Å². The van der Waals surface area contributed by atoms with E-state index in [-0.39, 0.29) is 21.5 Å². The molecular weight excluding hydrogens is 472 g/mol. The first-order valence-corrected chi connectivity index (χ1v) is 11.9. The summed E-state index contributed by atoms with van der Waals surface area (Å²) in [5.41, 5.74) is 1.77. The zero-order valence-electron chi connectivity index (χ0n) is 17.6. The SMILES string of the molecule is CCc1cc(-c2cc(F)c(CS(=O)(=O)c3ccccc3Cl)nc2OC)cc2cnc(F)nc12. The number of ether oxygens (including phenoxy) is 1. The number of methoxy groups -OCH3 is 1. The van der Waals surface area contributed by atoms with E-state index in [1.54, 1.807) is 18.2 Å². The molecule has 0 fully saturated rings. The molecule has 10 heteroatoms. The second-order valence-electron chi connectivity index (χ2n) is 7.23. The second-order valence-corrected chi connectivity index (χ2v) is 9.59. The van der Waals surface area contributed by atoms with Crippen molar-refractivity contribution in [3.05, 3.63) is 76.8 Å². The molecule has 33 heavy (non-hydrogen) atoms. The van der Waals surface area contributed by atoms with Crippen LogP contribution in [0.1, 0.15) is 18.2 Å². The molecule has 0 aliphatic heterocycles. The number of aromatic nitrogens is 3. The monoisotopic (exact) mass is 489 g/mol. The minimum atomic E-state index is -3.95. The average Bonchev–Trinajstić information content (AvgIpc) is 2.79. The van der Waals surface area contributed by atoms with Crippen LogP contribution >= 0.6 is 11.6 Å². The molecule has 0 saturated heterocycles. The first kappa shape index (κ1) is 23.0. The van der Waals surface area contributed by atoms with Gasteiger partial charge in [0.2, 0.25) is 5.88 Å². The Morgan fingerprint density at radius 3 is 2.55 bits per heavy atom. The number of pyridine rings is 1. The molecule has 0 N–H and O–H groups in total. The maximum atomic E-state index is 15.1. The van der Waals surface area contributed by atoms with E-state index in [1.807, 2.05) is 6.92 Å². The predicted octanol–water partition coefficient (Wildman–Crippen LogP) is 5.17. The van der Waals surface area contributed by atoms with E-state index in [0.717, 1.165) is 5.56 Å². The number of fused-ring (bicyclic) bond motifs is 1. The molecule has 4 rings (SSSR count). The largest absolute Gasteiger partial charge is 0.481 e. The van der Waals surface area contributed by atoms with Crippen molar-refractivity contribution in [2.45, 2.75) is 24.0 Å². The van der Waals surface area contributed by atoms with Gasteiger partial charge >= 0.3 is 6.08 Å². The lowest BCUT2D eigenvalue weighted by molar-refractivity contribution is 0.396. The predicted molar refractivity (Wildman–Crippen MR) is 121 cm³/mol. The van der Waals surface area contributed by atoms with Gasteiger partial charge in [-0.15, -0.1) is 0 Å². The van der Waals surface area contributed by atoms with Crippen LogP contribution in [0.15, 0.2) is 53.6 Å². The Morgan fingerprint density at radius 1 is 1.09 bits per heavy atom. The van der Waals surface area contributed by atoms with Gasteiger partial charge in [-0.25, -0.2) is 27.8 Å². The number of hydrogen-bond acceptors (Lipinski definition) is 6. The summed E-state index contributed by atoms with van der Waals surface area (Å²) < 4.78 is 59.5. The minimum Gasteiger partial charge on any atom is -0.481 e. The van der Waals surface area contributed by atoms with Crippen LogP contribution in [0, 0.1) is 11.9 Å². The molecule has 0 aliphatic carbocycles. The van der Waals surface area contributed by atoms with E-state index in [1.165, 1.54) is 37.6 Å². The van der Waals surface area contributed by atoms with E-state index in [9.17, 15) is 12.8 Å². The van der Waals surface area contributed by atoms with Crippen molar-refractivity contribution in [3.63, 3.8) is 0 Å². The Morgan fingerprint density at radius 2 is 1.85 bits per heavy atom. The maximum Gasteiger partial charge on any atom is 0.309 e. The van der Waals surface area contributed by atoms with Gasteiger partial charge in [0.1, 0.15) is 11.6 Å². The fourth-order valence-corrected chi connectivity index (χ4v) is 5.41. The van der Waals surface area contributed by atoms with Crippen LogP contribution in [-0.2, 0) is 22.0 Å². The summed E-state index contributed by atoms with van der Waals surface area (Å²) in [5, 5.41) is 0.613. The topological polar surface area (TPSA) is 82.0 Å². The Bertz CT molecular complexity index is 1480. The molecule has 2 heterocycles. The van der Waals surface area contributed by atoms with E-state index in [2.05, 4.69) is 15.0 Å². The highest BCUT2D eigenvalue weighted by Crippen LogP contribution is 2.34. The number of sulfone groups is 1. The molecule has 4 aromatic rings. The third kappa shape index (κ3) is 4.51. The van der Waals surface area contributed by atoms with Crippen LogP contribution in [0.3, 0.4) is 0 Å². The fourth-order valence-electron chi connectivity index (χ4n) is 3.55. The summed E-state index contributed by atoms with van der Waals surface area (Å²) in [7, 11) is -2.60. The fraction of sp³-hybridized carbons (Fsp3) is 0.174. The molecule has 0 bridgehead atoms. The summed E-state index contributed by atoms with van der Waals surface area (Å²) in [4.78, 5) is 11.5. The molecule has 0 unspecified atom stereocenters. The standard InChI is InChI=1S/C23H18ClF2N3O3S/c1-3-13-8-14(9-15-11-27-23(26)29-21(13)15)16-10-18(25)19(28-22(16)32-2)12-33(30,31)20-7-5-4-6-17(20)24/h4-11H,3,12H2,1-2H3. The van der Waals surface area contributed by atoms with E-state index >= 15 is 4.39 Å². The molecule has 2 aromatic heterocycles. The Labute approximate surface area is 194 Å². The summed E-state index contributed by atoms with van der Waals surface area (Å²) in [6, 6.07) is 10.5. The van der Waals surface area contributed by atoms with Crippen LogP contribution in [0.5, 0.6) is 5.88 Å². The van der Waals surface area contributed by atoms with E-state index < -0.39 is 27.5 Å². The highest BCUT2D eigenvalue weighted by Gasteiger charge is 2.24. The van der Waals surface area contributed by atoms with Gasteiger partial charge in [0.15, 0.2) is 9.84 Å². The smallest absolute Gasteiger partial charge is 0.309 e. The second kappa shape index (κ2) is 8.99. The van der Waals surface area contributed by atoms with Crippen molar-refractivity contribution in [2.24, 2.45) is 0 Å². The summed E-state index contributed by atoms with van der Waals surface area (Å²) in [6.07, 6.45) is 1.06. The van der Waals surface area contributed by atoms with Crippen LogP contribution in [-0.4, -0.2) is 30.5 Å². The summed E-state index contributed by atoms with van der Waals surface area (Å²) in [6.45, 7) is 1.89. The van der Waals surface area contributed by atoms with Crippen LogP contribution < -0.4 is 4.74 Å². The maximum absolute atomic E-state index is 15.1. The highest BCUT2D eigenvalue weighted by molar-refractivity contribution is 7.90. The number of rotatable bonds is 6. The lowest BCUT2D eigenvalue weighted by Crippen LogP contribution is -2.10. The van der Waals surface area contributed by atoms with Gasteiger partial charge in [-0.05, 0) is 47.9 Å². The number of nitrogens with zero attached hydrogens (tertiary/aromatic N) is 3. The molecule has 0 saturated carbocycles. The van der Waals surface area contributed by atoms with Crippen molar-refractivity contribution in [2.75, 3.05) is 7.11 Å². The third-order valence-electron chi connectivity index (χ3n) is 5.13. The minimum absolute atomic E-state index is 0.0448. The van der Waals surface area contributed by atoms with Crippen molar-refractivity contribution in [3.8, 4) is 17.0 Å². The molecule has 170 valence electrons. The van der Waals surface area contributed by atoms with Crippen molar-refractivity contribution >= 4 is 32.3 Å². The lowest BCUT2D eigenvalue weighted by Gasteiger charge is -2.14. The summed E-state index contributed by atoms with van der Waals surface area (Å²) >= 11 is 6.01. The van der Waals surface area contributed by atoms with Gasteiger partial charge in [0.25, 0.3) is 0 Å². The molecule has 0 spiro atoms. The van der Waals surface area contributed by atoms with Crippen molar-refractivity contribution in [1.29, 1.82) is 0 Å². The molecule has 6 nitrogen and oxygen atoms in total. The normalized spacial score (nSPS) is 11.7. The number of halogens is 3.